The zero-order chi connectivity index (χ0) is 17.0. The van der Waals surface area contributed by atoms with Gasteiger partial charge in [-0.2, -0.15) is 5.10 Å². The van der Waals surface area contributed by atoms with Gasteiger partial charge in [0.1, 0.15) is 5.92 Å². The molecule has 2 rings (SSSR count). The van der Waals surface area contributed by atoms with Crippen molar-refractivity contribution in [2.45, 2.75) is 26.7 Å². The van der Waals surface area contributed by atoms with Crippen molar-refractivity contribution in [1.82, 2.24) is 10.7 Å². The molecule has 1 saturated heterocycles. The van der Waals surface area contributed by atoms with E-state index < -0.39 is 16.7 Å². The molecule has 122 valence electrons. The molecule has 8 heteroatoms. The Morgan fingerprint density at radius 1 is 1.48 bits per heavy atom. The van der Waals surface area contributed by atoms with Crippen molar-refractivity contribution in [2.24, 2.45) is 11.0 Å². The number of nitro benzene ring substituents is 1. The van der Waals surface area contributed by atoms with Crippen molar-refractivity contribution in [1.29, 1.82) is 0 Å². The third-order valence-electron chi connectivity index (χ3n) is 3.76. The van der Waals surface area contributed by atoms with E-state index in [1.807, 2.05) is 0 Å². The second-order valence-corrected chi connectivity index (χ2v) is 5.42. The van der Waals surface area contributed by atoms with Crippen LogP contribution in [-0.4, -0.2) is 29.0 Å². The largest absolute Gasteiger partial charge is 0.355 e. The van der Waals surface area contributed by atoms with E-state index in [9.17, 15) is 19.7 Å². The number of rotatable bonds is 4. The fourth-order valence-electron chi connectivity index (χ4n) is 2.33. The highest BCUT2D eigenvalue weighted by atomic mass is 16.6. The van der Waals surface area contributed by atoms with Crippen molar-refractivity contribution < 1.29 is 14.5 Å². The van der Waals surface area contributed by atoms with E-state index in [0.29, 0.717) is 29.8 Å². The Kier molecular flexibility index (Phi) is 5.05. The number of carbonyl (C=O) groups excluding carboxylic acids is 2. The molecule has 0 bridgehead atoms. The summed E-state index contributed by atoms with van der Waals surface area (Å²) in [5, 5.41) is 17.5. The molecule has 1 aromatic carbocycles. The van der Waals surface area contributed by atoms with Gasteiger partial charge in [0.25, 0.3) is 11.6 Å². The molecule has 1 aliphatic rings. The van der Waals surface area contributed by atoms with Crippen molar-refractivity contribution in [3.8, 4) is 0 Å². The Hall–Kier alpha value is -2.77. The number of nitrogens with zero attached hydrogens (tertiary/aromatic N) is 2. The van der Waals surface area contributed by atoms with Gasteiger partial charge in [0.15, 0.2) is 0 Å². The van der Waals surface area contributed by atoms with E-state index in [-0.39, 0.29) is 11.6 Å². The number of nitrogens with one attached hydrogen (secondary N) is 2. The molecule has 2 N–H and O–H groups in total. The van der Waals surface area contributed by atoms with Gasteiger partial charge in [0.05, 0.1) is 10.6 Å². The molecule has 0 unspecified atom stereocenters. The average molecular weight is 318 g/mol. The van der Waals surface area contributed by atoms with Crippen LogP contribution in [0.1, 0.15) is 30.9 Å². The van der Waals surface area contributed by atoms with Gasteiger partial charge in [0.2, 0.25) is 5.91 Å². The lowest BCUT2D eigenvalue weighted by atomic mass is 9.98. The Balaban J connectivity index is 2.10. The van der Waals surface area contributed by atoms with E-state index in [1.165, 1.54) is 6.07 Å². The standard InChI is InChI=1S/C15H18N4O4/c1-9-5-6-11(8-13(9)19(22)23)10(2)17-18-15(21)12-4-3-7-16-14(12)20/h5-6,8,12H,3-4,7H2,1-2H3,(H,16,20)(H,18,21)/b17-10-/t12-/m0/s1. The topological polar surface area (TPSA) is 114 Å². The average Bonchev–Trinajstić information content (AvgIpc) is 2.52. The summed E-state index contributed by atoms with van der Waals surface area (Å²) >= 11 is 0. The summed E-state index contributed by atoms with van der Waals surface area (Å²) in [6.45, 7) is 3.87. The van der Waals surface area contributed by atoms with Crippen molar-refractivity contribution in [3.63, 3.8) is 0 Å². The van der Waals surface area contributed by atoms with Crippen LogP contribution >= 0.6 is 0 Å². The van der Waals surface area contributed by atoms with Gasteiger partial charge >= 0.3 is 0 Å². The monoisotopic (exact) mass is 318 g/mol. The van der Waals surface area contributed by atoms with Crippen molar-refractivity contribution >= 4 is 23.2 Å². The highest BCUT2D eigenvalue weighted by Crippen LogP contribution is 2.19. The quantitative estimate of drug-likeness (QED) is 0.376. The Morgan fingerprint density at radius 2 is 2.22 bits per heavy atom. The summed E-state index contributed by atoms with van der Waals surface area (Å²) in [6.07, 6.45) is 1.24. The minimum absolute atomic E-state index is 0.00460. The number of hydrogen-bond donors (Lipinski definition) is 2. The molecule has 1 heterocycles. The first kappa shape index (κ1) is 16.6. The molecule has 1 aliphatic heterocycles. The predicted octanol–water partition coefficient (Wildman–Crippen LogP) is 1.27. The molecule has 23 heavy (non-hydrogen) atoms. The van der Waals surface area contributed by atoms with Crippen LogP contribution < -0.4 is 10.7 Å². The van der Waals surface area contributed by atoms with Gasteiger partial charge in [-0.1, -0.05) is 12.1 Å². The third-order valence-corrected chi connectivity index (χ3v) is 3.76. The molecule has 8 nitrogen and oxygen atoms in total. The third kappa shape index (κ3) is 3.91. The van der Waals surface area contributed by atoms with E-state index >= 15 is 0 Å². The Labute approximate surface area is 133 Å². The number of hydrazone groups is 1. The molecule has 0 radical (unpaired) electrons. The summed E-state index contributed by atoms with van der Waals surface area (Å²) in [5.41, 5.74) is 3.87. The van der Waals surface area contributed by atoms with Gasteiger partial charge in [0, 0.05) is 23.7 Å². The van der Waals surface area contributed by atoms with Crippen molar-refractivity contribution in [2.75, 3.05) is 6.54 Å². The van der Waals surface area contributed by atoms with Crippen LogP contribution in [0, 0.1) is 23.0 Å². The first-order chi connectivity index (χ1) is 10.9. The maximum Gasteiger partial charge on any atom is 0.272 e. The maximum atomic E-state index is 12.0. The normalized spacial score (nSPS) is 18.3. The maximum absolute atomic E-state index is 12.0. The van der Waals surface area contributed by atoms with Crippen LogP contribution in [0.4, 0.5) is 5.69 Å². The molecule has 0 aromatic heterocycles. The van der Waals surface area contributed by atoms with Crippen LogP contribution in [0.3, 0.4) is 0 Å². The van der Waals surface area contributed by atoms with Crippen LogP contribution in [0.5, 0.6) is 0 Å². The van der Waals surface area contributed by atoms with Gasteiger partial charge in [-0.3, -0.25) is 19.7 Å². The molecule has 2 amide bonds. The van der Waals surface area contributed by atoms with Crippen LogP contribution in [0.25, 0.3) is 0 Å². The molecular formula is C15H18N4O4. The minimum Gasteiger partial charge on any atom is -0.355 e. The van der Waals surface area contributed by atoms with Gasteiger partial charge < -0.3 is 5.32 Å². The van der Waals surface area contributed by atoms with Crippen LogP contribution in [-0.2, 0) is 9.59 Å². The molecule has 0 spiro atoms. The van der Waals surface area contributed by atoms with Gasteiger partial charge in [-0.05, 0) is 26.7 Å². The highest BCUT2D eigenvalue weighted by Gasteiger charge is 2.28. The van der Waals surface area contributed by atoms with Gasteiger partial charge in [-0.25, -0.2) is 5.43 Å². The lowest BCUT2D eigenvalue weighted by molar-refractivity contribution is -0.385. The van der Waals surface area contributed by atoms with E-state index in [0.717, 1.165) is 6.42 Å². The summed E-state index contributed by atoms with van der Waals surface area (Å²) in [4.78, 5) is 34.1. The second kappa shape index (κ2) is 6.99. The molecule has 1 fully saturated rings. The van der Waals surface area contributed by atoms with E-state index in [2.05, 4.69) is 15.8 Å². The zero-order valence-corrected chi connectivity index (χ0v) is 13.0. The lowest BCUT2D eigenvalue weighted by Gasteiger charge is -2.19. The van der Waals surface area contributed by atoms with Crippen LogP contribution in [0.15, 0.2) is 23.3 Å². The predicted molar refractivity (Wildman–Crippen MR) is 83.9 cm³/mol. The molecule has 1 atom stereocenters. The van der Waals surface area contributed by atoms with E-state index in [4.69, 9.17) is 0 Å². The number of benzene rings is 1. The highest BCUT2D eigenvalue weighted by molar-refractivity contribution is 6.03. The summed E-state index contributed by atoms with van der Waals surface area (Å²) in [5.74, 6) is -1.51. The fraction of sp³-hybridized carbons (Fsp3) is 0.400. The van der Waals surface area contributed by atoms with E-state index in [1.54, 1.807) is 26.0 Å². The first-order valence-electron chi connectivity index (χ1n) is 7.27. The molecular weight excluding hydrogens is 300 g/mol. The lowest BCUT2D eigenvalue weighted by Crippen LogP contribution is -2.44. The summed E-state index contributed by atoms with van der Waals surface area (Å²) < 4.78 is 0. The second-order valence-electron chi connectivity index (χ2n) is 5.42. The minimum atomic E-state index is -0.743. The number of nitro groups is 1. The summed E-state index contributed by atoms with van der Waals surface area (Å²) in [6, 6.07) is 4.73. The number of piperidine rings is 1. The van der Waals surface area contributed by atoms with Crippen molar-refractivity contribution in [3.05, 3.63) is 39.4 Å². The molecule has 0 aliphatic carbocycles. The summed E-state index contributed by atoms with van der Waals surface area (Å²) in [7, 11) is 0. The number of hydrogen-bond acceptors (Lipinski definition) is 5. The number of amides is 2. The Morgan fingerprint density at radius 3 is 2.87 bits per heavy atom. The Bertz CT molecular complexity index is 684. The number of carbonyl (C=O) groups is 2. The number of aryl methyl sites for hydroxylation is 1. The SMILES string of the molecule is C/C(=N/NC(=O)[C@H]1CCCNC1=O)c1ccc(C)c([N+](=O)[O-])c1. The van der Waals surface area contributed by atoms with Crippen LogP contribution in [0.2, 0.25) is 0 Å². The molecule has 1 aromatic rings. The van der Waals surface area contributed by atoms with Gasteiger partial charge in [-0.15, -0.1) is 0 Å². The first-order valence-corrected chi connectivity index (χ1v) is 7.27. The molecule has 0 saturated carbocycles. The smallest absolute Gasteiger partial charge is 0.272 e. The fourth-order valence-corrected chi connectivity index (χ4v) is 2.33. The zero-order valence-electron chi connectivity index (χ0n) is 13.0.